The van der Waals surface area contributed by atoms with Gasteiger partial charge < -0.3 is 11.1 Å². The summed E-state index contributed by atoms with van der Waals surface area (Å²) >= 11 is 0. The molecule has 21 heavy (non-hydrogen) atoms. The maximum Gasteiger partial charge on any atom is 0.241 e. The van der Waals surface area contributed by atoms with Gasteiger partial charge in [-0.15, -0.1) is 0 Å². The van der Waals surface area contributed by atoms with E-state index in [4.69, 9.17) is 5.73 Å². The summed E-state index contributed by atoms with van der Waals surface area (Å²) in [4.78, 5) is 12.4. The van der Waals surface area contributed by atoms with Crippen LogP contribution in [0.4, 0.5) is 0 Å². The highest BCUT2D eigenvalue weighted by molar-refractivity contribution is 5.83. The van der Waals surface area contributed by atoms with E-state index in [1.165, 1.54) is 19.3 Å². The predicted molar refractivity (Wildman–Crippen MR) is 86.7 cm³/mol. The second-order valence-electron chi connectivity index (χ2n) is 7.26. The molecule has 0 radical (unpaired) electrons. The number of benzene rings is 1. The van der Waals surface area contributed by atoms with Crippen molar-refractivity contribution >= 4 is 5.91 Å². The molecule has 0 aromatic heterocycles. The van der Waals surface area contributed by atoms with Crippen molar-refractivity contribution in [3.8, 4) is 0 Å². The minimum absolute atomic E-state index is 0.0534. The maximum absolute atomic E-state index is 12.4. The lowest BCUT2D eigenvalue weighted by atomic mass is 9.69. The Morgan fingerprint density at radius 1 is 1.19 bits per heavy atom. The summed E-state index contributed by atoms with van der Waals surface area (Å²) in [5.41, 5.74) is 7.19. The van der Waals surface area contributed by atoms with E-state index in [1.807, 2.05) is 30.3 Å². The van der Waals surface area contributed by atoms with Gasteiger partial charge in [-0.3, -0.25) is 4.79 Å². The van der Waals surface area contributed by atoms with Gasteiger partial charge >= 0.3 is 0 Å². The topological polar surface area (TPSA) is 55.1 Å². The molecule has 0 aliphatic heterocycles. The molecular formula is C18H28N2O. The minimum atomic E-state index is -0.575. The summed E-state index contributed by atoms with van der Waals surface area (Å²) in [5.74, 6) is 0.473. The summed E-state index contributed by atoms with van der Waals surface area (Å²) in [6, 6.07) is 9.26. The Morgan fingerprint density at radius 3 is 2.43 bits per heavy atom. The van der Waals surface area contributed by atoms with Gasteiger partial charge in [-0.1, -0.05) is 63.9 Å². The third-order valence-corrected chi connectivity index (χ3v) is 4.65. The zero-order chi connectivity index (χ0) is 15.5. The third-order valence-electron chi connectivity index (χ3n) is 4.65. The van der Waals surface area contributed by atoms with Crippen LogP contribution in [0.2, 0.25) is 0 Å². The predicted octanol–water partition coefficient (Wildman–Crippen LogP) is 3.41. The maximum atomic E-state index is 12.4. The number of carbonyl (C=O) groups excluding carboxylic acids is 1. The largest absolute Gasteiger partial charge is 0.351 e. The van der Waals surface area contributed by atoms with Crippen LogP contribution < -0.4 is 11.1 Å². The van der Waals surface area contributed by atoms with Crippen molar-refractivity contribution in [3.63, 3.8) is 0 Å². The number of rotatable bonds is 3. The van der Waals surface area contributed by atoms with E-state index < -0.39 is 6.04 Å². The van der Waals surface area contributed by atoms with Crippen molar-refractivity contribution in [1.82, 2.24) is 5.32 Å². The van der Waals surface area contributed by atoms with Crippen LogP contribution in [-0.4, -0.2) is 11.9 Å². The SMILES string of the molecule is CC(C)(C)C1CCCCC1NC(=O)[C@@H](N)c1ccccc1. The molecule has 0 spiro atoms. The van der Waals surface area contributed by atoms with Gasteiger partial charge in [0, 0.05) is 6.04 Å². The van der Waals surface area contributed by atoms with Gasteiger partial charge in [-0.2, -0.15) is 0 Å². The number of nitrogens with two attached hydrogens (primary N) is 1. The van der Waals surface area contributed by atoms with E-state index in [0.717, 1.165) is 12.0 Å². The summed E-state index contributed by atoms with van der Waals surface area (Å²) in [7, 11) is 0. The Bertz CT molecular complexity index is 464. The Kier molecular flexibility index (Phi) is 5.04. The molecule has 3 N–H and O–H groups in total. The van der Waals surface area contributed by atoms with E-state index in [-0.39, 0.29) is 17.4 Å². The quantitative estimate of drug-likeness (QED) is 0.895. The molecule has 3 atom stereocenters. The molecule has 116 valence electrons. The van der Waals surface area contributed by atoms with Gasteiger partial charge in [0.05, 0.1) is 0 Å². The van der Waals surface area contributed by atoms with E-state index >= 15 is 0 Å². The van der Waals surface area contributed by atoms with E-state index in [2.05, 4.69) is 26.1 Å². The highest BCUT2D eigenvalue weighted by atomic mass is 16.2. The third kappa shape index (κ3) is 4.07. The van der Waals surface area contributed by atoms with Crippen LogP contribution >= 0.6 is 0 Å². The van der Waals surface area contributed by atoms with Crippen molar-refractivity contribution in [2.24, 2.45) is 17.1 Å². The highest BCUT2D eigenvalue weighted by Gasteiger charge is 2.35. The monoisotopic (exact) mass is 288 g/mol. The molecule has 1 aliphatic rings. The molecule has 3 nitrogen and oxygen atoms in total. The molecule has 1 saturated carbocycles. The number of carbonyl (C=O) groups is 1. The molecule has 1 aromatic rings. The molecule has 0 heterocycles. The molecule has 1 fully saturated rings. The van der Waals surface area contributed by atoms with Crippen molar-refractivity contribution in [2.75, 3.05) is 0 Å². The average Bonchev–Trinajstić information content (AvgIpc) is 2.47. The van der Waals surface area contributed by atoms with Crippen LogP contribution in [-0.2, 0) is 4.79 Å². The Hall–Kier alpha value is -1.35. The van der Waals surface area contributed by atoms with E-state index in [0.29, 0.717) is 5.92 Å². The molecule has 2 unspecified atom stereocenters. The standard InChI is InChI=1S/C18H28N2O/c1-18(2,3)14-11-7-8-12-15(14)20-17(21)16(19)13-9-5-4-6-10-13/h4-6,9-10,14-16H,7-8,11-12,19H2,1-3H3,(H,20,21)/t14?,15?,16-/m0/s1. The molecule has 0 saturated heterocycles. The Morgan fingerprint density at radius 2 is 1.81 bits per heavy atom. The number of amides is 1. The van der Waals surface area contributed by atoms with Crippen molar-refractivity contribution in [1.29, 1.82) is 0 Å². The molecule has 0 bridgehead atoms. The number of hydrogen-bond acceptors (Lipinski definition) is 2. The first kappa shape index (κ1) is 16.0. The molecule has 1 aliphatic carbocycles. The fourth-order valence-electron chi connectivity index (χ4n) is 3.42. The lowest BCUT2D eigenvalue weighted by Gasteiger charge is -2.41. The molecular weight excluding hydrogens is 260 g/mol. The van der Waals surface area contributed by atoms with Crippen LogP contribution in [0.3, 0.4) is 0 Å². The minimum Gasteiger partial charge on any atom is -0.351 e. The second-order valence-corrected chi connectivity index (χ2v) is 7.26. The first-order valence-corrected chi connectivity index (χ1v) is 8.00. The van der Waals surface area contributed by atoms with Crippen LogP contribution in [0, 0.1) is 11.3 Å². The van der Waals surface area contributed by atoms with Crippen LogP contribution in [0.1, 0.15) is 58.1 Å². The smallest absolute Gasteiger partial charge is 0.241 e. The number of hydrogen-bond donors (Lipinski definition) is 2. The summed E-state index contributed by atoms with van der Waals surface area (Å²) in [6.07, 6.45) is 4.71. The first-order chi connectivity index (χ1) is 9.89. The second kappa shape index (κ2) is 6.61. The molecule has 1 amide bonds. The van der Waals surface area contributed by atoms with Gasteiger partial charge in [0.25, 0.3) is 0 Å². The number of nitrogens with one attached hydrogen (secondary N) is 1. The molecule has 2 rings (SSSR count). The van der Waals surface area contributed by atoms with Gasteiger partial charge in [-0.25, -0.2) is 0 Å². The van der Waals surface area contributed by atoms with Crippen molar-refractivity contribution in [2.45, 2.75) is 58.5 Å². The van der Waals surface area contributed by atoms with Gasteiger partial charge in [-0.05, 0) is 29.7 Å². The first-order valence-electron chi connectivity index (χ1n) is 8.00. The van der Waals surface area contributed by atoms with E-state index in [1.54, 1.807) is 0 Å². The Labute approximate surface area is 128 Å². The molecule has 3 heteroatoms. The van der Waals surface area contributed by atoms with Gasteiger partial charge in [0.2, 0.25) is 5.91 Å². The fraction of sp³-hybridized carbons (Fsp3) is 0.611. The summed E-state index contributed by atoms with van der Waals surface area (Å²) in [6.45, 7) is 6.79. The fourth-order valence-corrected chi connectivity index (χ4v) is 3.42. The normalized spacial score (nSPS) is 24.4. The average molecular weight is 288 g/mol. The van der Waals surface area contributed by atoms with Crippen LogP contribution in [0.15, 0.2) is 30.3 Å². The van der Waals surface area contributed by atoms with Gasteiger partial charge in [0.1, 0.15) is 6.04 Å². The van der Waals surface area contributed by atoms with Crippen molar-refractivity contribution < 1.29 is 4.79 Å². The molecule has 1 aromatic carbocycles. The summed E-state index contributed by atoms with van der Waals surface area (Å²) in [5, 5.41) is 3.21. The van der Waals surface area contributed by atoms with Gasteiger partial charge in [0.15, 0.2) is 0 Å². The zero-order valence-corrected chi connectivity index (χ0v) is 13.4. The Balaban J connectivity index is 2.03. The lowest BCUT2D eigenvalue weighted by molar-refractivity contribution is -0.124. The van der Waals surface area contributed by atoms with Crippen molar-refractivity contribution in [3.05, 3.63) is 35.9 Å². The summed E-state index contributed by atoms with van der Waals surface area (Å²) < 4.78 is 0. The highest BCUT2D eigenvalue weighted by Crippen LogP contribution is 2.38. The zero-order valence-electron chi connectivity index (χ0n) is 13.4. The van der Waals surface area contributed by atoms with Crippen LogP contribution in [0.25, 0.3) is 0 Å². The lowest BCUT2D eigenvalue weighted by Crippen LogP contribution is -2.49. The van der Waals surface area contributed by atoms with E-state index in [9.17, 15) is 4.79 Å². The van der Waals surface area contributed by atoms with Crippen LogP contribution in [0.5, 0.6) is 0 Å².